The van der Waals surface area contributed by atoms with Gasteiger partial charge in [0.15, 0.2) is 0 Å². The van der Waals surface area contributed by atoms with Crippen LogP contribution in [0, 0.1) is 5.92 Å². The Balaban J connectivity index is 1.97. The van der Waals surface area contributed by atoms with Crippen LogP contribution in [-0.2, 0) is 11.2 Å². The summed E-state index contributed by atoms with van der Waals surface area (Å²) in [6.07, 6.45) is -3.71. The summed E-state index contributed by atoms with van der Waals surface area (Å²) in [4.78, 5) is 10.8. The lowest BCUT2D eigenvalue weighted by molar-refractivity contribution is -0.274. The molecule has 2 rings (SSSR count). The average Bonchev–Trinajstić information content (AvgIpc) is 2.75. The van der Waals surface area contributed by atoms with E-state index in [4.69, 9.17) is 5.11 Å². The molecule has 4 nitrogen and oxygen atoms in total. The molecule has 0 unspecified atom stereocenters. The molecule has 0 aromatic heterocycles. The molecule has 1 aliphatic rings. The van der Waals surface area contributed by atoms with Crippen LogP contribution < -0.4 is 10.1 Å². The standard InChI is InChI=1S/C13H14F3NO3/c14-13(15,16)20-10-3-1-2-8(5-10)4-9-6-11(12(18)19)17-7-9/h1-3,5,9,11,17H,4,6-7H2,(H,18,19)/t9-,11-/m0/s1. The van der Waals surface area contributed by atoms with Gasteiger partial charge in [-0.05, 0) is 43.0 Å². The Kier molecular flexibility index (Phi) is 4.17. The van der Waals surface area contributed by atoms with Crippen molar-refractivity contribution < 1.29 is 27.8 Å². The Morgan fingerprint density at radius 2 is 2.20 bits per heavy atom. The number of benzene rings is 1. The number of carbonyl (C=O) groups is 1. The lowest BCUT2D eigenvalue weighted by Crippen LogP contribution is -2.29. The van der Waals surface area contributed by atoms with Crippen LogP contribution >= 0.6 is 0 Å². The van der Waals surface area contributed by atoms with Gasteiger partial charge in [0.25, 0.3) is 0 Å². The number of halogens is 3. The number of hydrogen-bond donors (Lipinski definition) is 2. The van der Waals surface area contributed by atoms with Crippen LogP contribution in [0.4, 0.5) is 13.2 Å². The van der Waals surface area contributed by atoms with Crippen molar-refractivity contribution in [2.45, 2.75) is 25.2 Å². The minimum Gasteiger partial charge on any atom is -0.480 e. The predicted molar refractivity (Wildman–Crippen MR) is 64.4 cm³/mol. The van der Waals surface area contributed by atoms with Crippen molar-refractivity contribution >= 4 is 5.97 Å². The molecule has 0 bridgehead atoms. The maximum atomic E-state index is 12.1. The van der Waals surface area contributed by atoms with E-state index in [0.29, 0.717) is 24.9 Å². The van der Waals surface area contributed by atoms with E-state index < -0.39 is 18.4 Å². The summed E-state index contributed by atoms with van der Waals surface area (Å²) in [5, 5.41) is 11.7. The second kappa shape index (κ2) is 5.70. The van der Waals surface area contributed by atoms with Gasteiger partial charge in [-0.2, -0.15) is 0 Å². The second-order valence-corrected chi connectivity index (χ2v) is 4.80. The van der Waals surface area contributed by atoms with Crippen LogP contribution in [0.2, 0.25) is 0 Å². The number of aliphatic carboxylic acids is 1. The van der Waals surface area contributed by atoms with Crippen LogP contribution in [0.3, 0.4) is 0 Å². The molecule has 1 heterocycles. The van der Waals surface area contributed by atoms with Crippen LogP contribution in [0.1, 0.15) is 12.0 Å². The lowest BCUT2D eigenvalue weighted by atomic mass is 9.96. The van der Waals surface area contributed by atoms with Crippen LogP contribution in [0.25, 0.3) is 0 Å². The Hall–Kier alpha value is -1.76. The molecule has 20 heavy (non-hydrogen) atoms. The Labute approximate surface area is 113 Å². The van der Waals surface area contributed by atoms with Gasteiger partial charge < -0.3 is 15.2 Å². The quantitative estimate of drug-likeness (QED) is 0.892. The first kappa shape index (κ1) is 14.6. The van der Waals surface area contributed by atoms with E-state index in [0.717, 1.165) is 0 Å². The summed E-state index contributed by atoms with van der Waals surface area (Å²) in [5.41, 5.74) is 0.699. The third kappa shape index (κ3) is 4.12. The molecule has 1 fully saturated rings. The maximum absolute atomic E-state index is 12.1. The number of carboxylic acids is 1. The first-order valence-electron chi connectivity index (χ1n) is 6.14. The molecular formula is C13H14F3NO3. The topological polar surface area (TPSA) is 58.6 Å². The minimum atomic E-state index is -4.71. The summed E-state index contributed by atoms with van der Waals surface area (Å²) in [6.45, 7) is 0.543. The highest BCUT2D eigenvalue weighted by molar-refractivity contribution is 5.73. The molecule has 0 amide bonds. The summed E-state index contributed by atoms with van der Waals surface area (Å²) in [5.74, 6) is -1.06. The van der Waals surface area contributed by atoms with Crippen LogP contribution in [-0.4, -0.2) is 30.0 Å². The summed E-state index contributed by atoms with van der Waals surface area (Å²) in [6, 6.07) is 5.20. The molecule has 1 saturated heterocycles. The molecule has 0 radical (unpaired) electrons. The smallest absolute Gasteiger partial charge is 0.480 e. The molecular weight excluding hydrogens is 275 g/mol. The van der Waals surface area contributed by atoms with Crippen molar-refractivity contribution in [3.8, 4) is 5.75 Å². The molecule has 1 aromatic rings. The van der Waals surface area contributed by atoms with Gasteiger partial charge in [0.2, 0.25) is 0 Å². The van der Waals surface area contributed by atoms with Crippen LogP contribution in [0.15, 0.2) is 24.3 Å². The summed E-state index contributed by atoms with van der Waals surface area (Å²) < 4.78 is 40.2. The first-order valence-corrected chi connectivity index (χ1v) is 6.14. The highest BCUT2D eigenvalue weighted by Crippen LogP contribution is 2.25. The van der Waals surface area contributed by atoms with Crippen molar-refractivity contribution in [1.82, 2.24) is 5.32 Å². The fraction of sp³-hybridized carbons (Fsp3) is 0.462. The van der Waals surface area contributed by atoms with Gasteiger partial charge >= 0.3 is 12.3 Å². The van der Waals surface area contributed by atoms with E-state index in [1.54, 1.807) is 6.07 Å². The van der Waals surface area contributed by atoms with Gasteiger partial charge in [0.1, 0.15) is 11.8 Å². The zero-order valence-corrected chi connectivity index (χ0v) is 10.5. The van der Waals surface area contributed by atoms with Crippen molar-refractivity contribution in [1.29, 1.82) is 0 Å². The normalized spacial score (nSPS) is 22.8. The number of carboxylic acid groups (broad SMARTS) is 1. The van der Waals surface area contributed by atoms with Crippen molar-refractivity contribution in [2.75, 3.05) is 6.54 Å². The van der Waals surface area contributed by atoms with E-state index in [1.165, 1.54) is 18.2 Å². The van der Waals surface area contributed by atoms with Gasteiger partial charge in [0.05, 0.1) is 0 Å². The summed E-state index contributed by atoms with van der Waals surface area (Å²) in [7, 11) is 0. The zero-order chi connectivity index (χ0) is 14.8. The fourth-order valence-corrected chi connectivity index (χ4v) is 2.36. The Bertz CT molecular complexity index is 490. The number of ether oxygens (including phenoxy) is 1. The predicted octanol–water partition coefficient (Wildman–Crippen LogP) is 2.19. The fourth-order valence-electron chi connectivity index (χ4n) is 2.36. The van der Waals surface area contributed by atoms with Gasteiger partial charge in [0, 0.05) is 0 Å². The van der Waals surface area contributed by atoms with E-state index in [-0.39, 0.29) is 11.7 Å². The number of rotatable bonds is 4. The molecule has 2 atom stereocenters. The lowest BCUT2D eigenvalue weighted by Gasteiger charge is -2.12. The highest BCUT2D eigenvalue weighted by atomic mass is 19.4. The second-order valence-electron chi connectivity index (χ2n) is 4.80. The average molecular weight is 289 g/mol. The van der Waals surface area contributed by atoms with E-state index in [2.05, 4.69) is 10.1 Å². The molecule has 1 aliphatic heterocycles. The largest absolute Gasteiger partial charge is 0.573 e. The van der Waals surface area contributed by atoms with Crippen molar-refractivity contribution in [3.05, 3.63) is 29.8 Å². The zero-order valence-electron chi connectivity index (χ0n) is 10.5. The van der Waals surface area contributed by atoms with Gasteiger partial charge in [-0.15, -0.1) is 13.2 Å². The third-order valence-corrected chi connectivity index (χ3v) is 3.18. The Morgan fingerprint density at radius 3 is 2.80 bits per heavy atom. The minimum absolute atomic E-state index is 0.0947. The molecule has 110 valence electrons. The van der Waals surface area contributed by atoms with Gasteiger partial charge in [-0.3, -0.25) is 4.79 Å². The van der Waals surface area contributed by atoms with E-state index in [1.807, 2.05) is 0 Å². The van der Waals surface area contributed by atoms with Crippen molar-refractivity contribution in [3.63, 3.8) is 0 Å². The van der Waals surface area contributed by atoms with Crippen LogP contribution in [0.5, 0.6) is 5.75 Å². The molecule has 2 N–H and O–H groups in total. The first-order chi connectivity index (χ1) is 9.33. The molecule has 7 heteroatoms. The van der Waals surface area contributed by atoms with Gasteiger partial charge in [-0.25, -0.2) is 0 Å². The van der Waals surface area contributed by atoms with E-state index in [9.17, 15) is 18.0 Å². The monoisotopic (exact) mass is 289 g/mol. The number of nitrogens with one attached hydrogen (secondary N) is 1. The number of hydrogen-bond acceptors (Lipinski definition) is 3. The highest BCUT2D eigenvalue weighted by Gasteiger charge is 2.32. The van der Waals surface area contributed by atoms with E-state index >= 15 is 0 Å². The molecule has 0 spiro atoms. The molecule has 0 aliphatic carbocycles. The molecule has 0 saturated carbocycles. The number of alkyl halides is 3. The molecule has 1 aromatic carbocycles. The third-order valence-electron chi connectivity index (χ3n) is 3.18. The van der Waals surface area contributed by atoms with Crippen molar-refractivity contribution in [2.24, 2.45) is 5.92 Å². The SMILES string of the molecule is O=C(O)[C@@H]1C[C@H](Cc2cccc(OC(F)(F)F)c2)CN1. The summed E-state index contributed by atoms with van der Waals surface area (Å²) >= 11 is 0. The van der Waals surface area contributed by atoms with Gasteiger partial charge in [-0.1, -0.05) is 12.1 Å². The Morgan fingerprint density at radius 1 is 1.45 bits per heavy atom. The maximum Gasteiger partial charge on any atom is 0.573 e.